The summed E-state index contributed by atoms with van der Waals surface area (Å²) >= 11 is 3.37. The van der Waals surface area contributed by atoms with Gasteiger partial charge >= 0.3 is 0 Å². The first-order valence-electron chi connectivity index (χ1n) is 4.67. The van der Waals surface area contributed by atoms with E-state index >= 15 is 0 Å². The summed E-state index contributed by atoms with van der Waals surface area (Å²) in [5.74, 6) is 0. The molecule has 14 heavy (non-hydrogen) atoms. The lowest BCUT2D eigenvalue weighted by Gasteiger charge is -2.29. The quantitative estimate of drug-likeness (QED) is 0.767. The molecule has 1 aliphatic heterocycles. The topological polar surface area (TPSA) is 25.4 Å². The Bertz CT molecular complexity index is 301. The molecule has 0 saturated carbocycles. The van der Waals surface area contributed by atoms with Crippen LogP contribution in [0.15, 0.2) is 22.8 Å². The highest BCUT2D eigenvalue weighted by Crippen LogP contribution is 2.20. The molecule has 76 valence electrons. The first-order valence-corrected chi connectivity index (χ1v) is 5.46. The second-order valence-corrected chi connectivity index (χ2v) is 4.44. The van der Waals surface area contributed by atoms with Gasteiger partial charge < -0.3 is 9.64 Å². The Labute approximate surface area is 92.2 Å². The van der Waals surface area contributed by atoms with E-state index in [0.29, 0.717) is 0 Å². The van der Waals surface area contributed by atoms with Crippen molar-refractivity contribution in [2.24, 2.45) is 0 Å². The molecule has 1 aromatic heterocycles. The predicted molar refractivity (Wildman–Crippen MR) is 58.1 cm³/mol. The first kappa shape index (κ1) is 10.1. The number of halogens is 1. The van der Waals surface area contributed by atoms with E-state index in [1.54, 1.807) is 0 Å². The van der Waals surface area contributed by atoms with E-state index in [9.17, 15) is 0 Å². The number of rotatable bonds is 1. The number of likely N-dealkylation sites (N-methyl/N-ethyl adjacent to an activating group) is 1. The van der Waals surface area contributed by atoms with Crippen molar-refractivity contribution in [1.29, 1.82) is 0 Å². The molecule has 1 aromatic rings. The van der Waals surface area contributed by atoms with Crippen LogP contribution in [0.1, 0.15) is 11.8 Å². The fraction of sp³-hybridized carbons (Fsp3) is 0.500. The summed E-state index contributed by atoms with van der Waals surface area (Å²) in [7, 11) is 2.11. The smallest absolute Gasteiger partial charge is 0.112 e. The van der Waals surface area contributed by atoms with Crippen LogP contribution in [0.5, 0.6) is 0 Å². The molecule has 2 rings (SSSR count). The Balaban J connectivity index is 2.10. The maximum atomic E-state index is 5.65. The van der Waals surface area contributed by atoms with Crippen LogP contribution in [0, 0.1) is 0 Å². The third-order valence-corrected chi connectivity index (χ3v) is 2.82. The summed E-state index contributed by atoms with van der Waals surface area (Å²) in [4.78, 5) is 6.60. The van der Waals surface area contributed by atoms with E-state index in [0.717, 1.165) is 29.9 Å². The summed E-state index contributed by atoms with van der Waals surface area (Å²) in [6.07, 6.45) is 1.94. The predicted octanol–water partition coefficient (Wildman–Crippen LogP) is 1.85. The van der Waals surface area contributed by atoms with Gasteiger partial charge in [-0.25, -0.2) is 0 Å². The summed E-state index contributed by atoms with van der Waals surface area (Å²) in [5, 5.41) is 0. The maximum Gasteiger partial charge on any atom is 0.112 e. The summed E-state index contributed by atoms with van der Waals surface area (Å²) < 4.78 is 6.66. The Kier molecular flexibility index (Phi) is 3.15. The molecule has 0 aliphatic carbocycles. The molecule has 3 nitrogen and oxygen atoms in total. The van der Waals surface area contributed by atoms with Gasteiger partial charge in [0.1, 0.15) is 6.10 Å². The van der Waals surface area contributed by atoms with Crippen LogP contribution in [0.2, 0.25) is 0 Å². The van der Waals surface area contributed by atoms with Gasteiger partial charge in [0.05, 0.1) is 12.3 Å². The van der Waals surface area contributed by atoms with Gasteiger partial charge in [-0.15, -0.1) is 0 Å². The molecule has 2 heterocycles. The zero-order valence-corrected chi connectivity index (χ0v) is 9.70. The van der Waals surface area contributed by atoms with Crippen LogP contribution in [-0.2, 0) is 4.74 Å². The minimum Gasteiger partial charge on any atom is -0.369 e. The molecule has 0 N–H and O–H groups in total. The van der Waals surface area contributed by atoms with Gasteiger partial charge in [-0.2, -0.15) is 0 Å². The van der Waals surface area contributed by atoms with Gasteiger partial charge in [-0.3, -0.25) is 4.98 Å². The van der Waals surface area contributed by atoms with Crippen molar-refractivity contribution >= 4 is 15.9 Å². The van der Waals surface area contributed by atoms with Gasteiger partial charge in [0.25, 0.3) is 0 Å². The van der Waals surface area contributed by atoms with E-state index in [1.807, 2.05) is 18.3 Å². The molecule has 1 aliphatic rings. The SMILES string of the molecule is CN1CCO[C@H](c2ccc(Br)cn2)C1. The first-order chi connectivity index (χ1) is 6.75. The van der Waals surface area contributed by atoms with Crippen LogP contribution >= 0.6 is 15.9 Å². The summed E-state index contributed by atoms with van der Waals surface area (Å²) in [6, 6.07) is 4.01. The van der Waals surface area contributed by atoms with Crippen LogP contribution in [0.3, 0.4) is 0 Å². The summed E-state index contributed by atoms with van der Waals surface area (Å²) in [6.45, 7) is 2.72. The Morgan fingerprint density at radius 2 is 2.43 bits per heavy atom. The number of pyridine rings is 1. The lowest BCUT2D eigenvalue weighted by molar-refractivity contribution is -0.0231. The van der Waals surface area contributed by atoms with Crippen molar-refractivity contribution < 1.29 is 4.74 Å². The van der Waals surface area contributed by atoms with Gasteiger partial charge in [0, 0.05) is 23.8 Å². The molecule has 0 aromatic carbocycles. The highest BCUT2D eigenvalue weighted by Gasteiger charge is 2.20. The molecule has 0 spiro atoms. The zero-order valence-electron chi connectivity index (χ0n) is 8.11. The number of hydrogen-bond donors (Lipinski definition) is 0. The third kappa shape index (κ3) is 2.32. The van der Waals surface area contributed by atoms with Crippen LogP contribution in [0.25, 0.3) is 0 Å². The van der Waals surface area contributed by atoms with E-state index in [1.165, 1.54) is 0 Å². The van der Waals surface area contributed by atoms with E-state index in [4.69, 9.17) is 4.74 Å². The van der Waals surface area contributed by atoms with Crippen LogP contribution in [0.4, 0.5) is 0 Å². The molecule has 0 bridgehead atoms. The average Bonchev–Trinajstić information content (AvgIpc) is 2.19. The average molecular weight is 257 g/mol. The van der Waals surface area contributed by atoms with E-state index < -0.39 is 0 Å². The minimum atomic E-state index is 0.127. The van der Waals surface area contributed by atoms with Gasteiger partial charge in [-0.1, -0.05) is 0 Å². The number of aromatic nitrogens is 1. The van der Waals surface area contributed by atoms with E-state index in [-0.39, 0.29) is 6.10 Å². The van der Waals surface area contributed by atoms with Crippen molar-refractivity contribution in [3.05, 3.63) is 28.5 Å². The normalized spacial score (nSPS) is 23.7. The highest BCUT2D eigenvalue weighted by molar-refractivity contribution is 9.10. The number of morpholine rings is 1. The van der Waals surface area contributed by atoms with Crippen molar-refractivity contribution in [1.82, 2.24) is 9.88 Å². The van der Waals surface area contributed by atoms with E-state index in [2.05, 4.69) is 32.9 Å². The third-order valence-electron chi connectivity index (χ3n) is 2.35. The van der Waals surface area contributed by atoms with Crippen molar-refractivity contribution in [2.75, 3.05) is 26.7 Å². The Morgan fingerprint density at radius 3 is 3.07 bits per heavy atom. The van der Waals surface area contributed by atoms with Crippen molar-refractivity contribution in [2.45, 2.75) is 6.10 Å². The molecular formula is C10H13BrN2O. The fourth-order valence-corrected chi connectivity index (χ4v) is 1.77. The van der Waals surface area contributed by atoms with Crippen LogP contribution in [-0.4, -0.2) is 36.6 Å². The van der Waals surface area contributed by atoms with Crippen LogP contribution < -0.4 is 0 Å². The Morgan fingerprint density at radius 1 is 1.57 bits per heavy atom. The molecule has 1 atom stereocenters. The number of hydrogen-bond acceptors (Lipinski definition) is 3. The van der Waals surface area contributed by atoms with Crippen molar-refractivity contribution in [3.8, 4) is 0 Å². The molecule has 1 saturated heterocycles. The lowest BCUT2D eigenvalue weighted by atomic mass is 10.2. The lowest BCUT2D eigenvalue weighted by Crippen LogP contribution is -2.35. The van der Waals surface area contributed by atoms with Crippen molar-refractivity contribution in [3.63, 3.8) is 0 Å². The maximum absolute atomic E-state index is 5.65. The van der Waals surface area contributed by atoms with Gasteiger partial charge in [0.2, 0.25) is 0 Å². The van der Waals surface area contributed by atoms with Gasteiger partial charge in [-0.05, 0) is 35.1 Å². The second kappa shape index (κ2) is 4.38. The second-order valence-electron chi connectivity index (χ2n) is 3.52. The molecule has 0 unspecified atom stereocenters. The highest BCUT2D eigenvalue weighted by atomic mass is 79.9. The zero-order chi connectivity index (χ0) is 9.97. The van der Waals surface area contributed by atoms with Gasteiger partial charge in [0.15, 0.2) is 0 Å². The Hall–Kier alpha value is -0.450. The largest absolute Gasteiger partial charge is 0.369 e. The minimum absolute atomic E-state index is 0.127. The standard InChI is InChI=1S/C10H13BrN2O/c1-13-4-5-14-10(7-13)9-3-2-8(11)6-12-9/h2-3,6,10H,4-5,7H2,1H3/t10-/m0/s1. The monoisotopic (exact) mass is 256 g/mol. The fourth-order valence-electron chi connectivity index (χ4n) is 1.53. The molecule has 4 heteroatoms. The number of nitrogens with zero attached hydrogens (tertiary/aromatic N) is 2. The molecule has 0 radical (unpaired) electrons. The molecule has 1 fully saturated rings. The number of ether oxygens (including phenoxy) is 1. The summed E-state index contributed by atoms with van der Waals surface area (Å²) in [5.41, 5.74) is 1.01. The molecule has 0 amide bonds. The molecular weight excluding hydrogens is 244 g/mol.